The molecule has 15 heavy (non-hydrogen) atoms. The first kappa shape index (κ1) is 12.2. The topological polar surface area (TPSA) is 44.5 Å². The summed E-state index contributed by atoms with van der Waals surface area (Å²) < 4.78 is 10.4. The normalized spacial score (nSPS) is 12.3. The molecule has 0 bridgehead atoms. The van der Waals surface area contributed by atoms with Gasteiger partial charge >= 0.3 is 0 Å². The molecular weight excluding hydrogens is 210 g/mol. The Morgan fingerprint density at radius 1 is 1.33 bits per heavy atom. The Morgan fingerprint density at radius 3 is 2.60 bits per heavy atom. The first-order valence-corrected chi connectivity index (χ1v) is 5.44. The van der Waals surface area contributed by atoms with E-state index in [9.17, 15) is 0 Å². The van der Waals surface area contributed by atoms with Gasteiger partial charge in [0.2, 0.25) is 0 Å². The molecule has 2 N–H and O–H groups in total. The van der Waals surface area contributed by atoms with Gasteiger partial charge in [0, 0.05) is 11.6 Å². The Balaban J connectivity index is 3.00. The molecule has 0 aromatic heterocycles. The summed E-state index contributed by atoms with van der Waals surface area (Å²) in [6.07, 6.45) is 0.812. The lowest BCUT2D eigenvalue weighted by molar-refractivity contribution is 0.395. The van der Waals surface area contributed by atoms with Gasteiger partial charge in [0.1, 0.15) is 11.5 Å². The van der Waals surface area contributed by atoms with Crippen LogP contribution in [0, 0.1) is 0 Å². The maximum absolute atomic E-state index is 6.02. The molecule has 0 saturated carbocycles. The maximum atomic E-state index is 6.02. The van der Waals surface area contributed by atoms with Crippen molar-refractivity contribution in [3.05, 3.63) is 23.8 Å². The Hall–Kier alpha value is -0.870. The largest absolute Gasteiger partial charge is 0.497 e. The summed E-state index contributed by atoms with van der Waals surface area (Å²) in [6.45, 7) is 0. The van der Waals surface area contributed by atoms with Crippen molar-refractivity contribution >= 4 is 12.6 Å². The van der Waals surface area contributed by atoms with Crippen LogP contribution >= 0.6 is 12.6 Å². The van der Waals surface area contributed by atoms with E-state index in [4.69, 9.17) is 15.2 Å². The van der Waals surface area contributed by atoms with Crippen LogP contribution in [-0.2, 0) is 0 Å². The summed E-state index contributed by atoms with van der Waals surface area (Å²) in [6, 6.07) is 5.57. The van der Waals surface area contributed by atoms with E-state index in [0.29, 0.717) is 0 Å². The van der Waals surface area contributed by atoms with Crippen molar-refractivity contribution in [1.82, 2.24) is 0 Å². The van der Waals surface area contributed by atoms with Crippen LogP contribution in [-0.4, -0.2) is 20.0 Å². The standard InChI is InChI=1S/C11H17NO2S/c1-13-8-3-4-11(14-2)9(7-8)10(12)5-6-15/h3-4,7,10,15H,5-6,12H2,1-2H3. The zero-order chi connectivity index (χ0) is 11.3. The van der Waals surface area contributed by atoms with Gasteiger partial charge in [0.15, 0.2) is 0 Å². The lowest BCUT2D eigenvalue weighted by atomic mass is 10.0. The molecule has 1 aromatic rings. The maximum Gasteiger partial charge on any atom is 0.123 e. The molecule has 3 nitrogen and oxygen atoms in total. The predicted molar refractivity (Wildman–Crippen MR) is 64.9 cm³/mol. The Bertz CT molecular complexity index is 317. The number of benzene rings is 1. The van der Waals surface area contributed by atoms with Crippen molar-refractivity contribution in [2.75, 3.05) is 20.0 Å². The van der Waals surface area contributed by atoms with Gasteiger partial charge in [0.05, 0.1) is 14.2 Å². The monoisotopic (exact) mass is 227 g/mol. The van der Waals surface area contributed by atoms with Crippen LogP contribution < -0.4 is 15.2 Å². The minimum Gasteiger partial charge on any atom is -0.497 e. The molecule has 4 heteroatoms. The third-order valence-electron chi connectivity index (χ3n) is 2.28. The summed E-state index contributed by atoms with van der Waals surface area (Å²) in [4.78, 5) is 0. The molecule has 0 aliphatic rings. The van der Waals surface area contributed by atoms with Crippen LogP contribution in [0.15, 0.2) is 18.2 Å². The van der Waals surface area contributed by atoms with Crippen LogP contribution in [0.2, 0.25) is 0 Å². The van der Waals surface area contributed by atoms with Crippen LogP contribution in [0.4, 0.5) is 0 Å². The van der Waals surface area contributed by atoms with Crippen LogP contribution in [0.3, 0.4) is 0 Å². The fourth-order valence-electron chi connectivity index (χ4n) is 1.42. The number of ether oxygens (including phenoxy) is 2. The number of rotatable bonds is 5. The van der Waals surface area contributed by atoms with Crippen LogP contribution in [0.1, 0.15) is 18.0 Å². The third-order valence-corrected chi connectivity index (χ3v) is 2.53. The first-order valence-electron chi connectivity index (χ1n) is 4.81. The number of hydrogen-bond donors (Lipinski definition) is 2. The van der Waals surface area contributed by atoms with E-state index in [1.165, 1.54) is 0 Å². The van der Waals surface area contributed by atoms with Gasteiger partial charge in [-0.2, -0.15) is 12.6 Å². The second-order valence-electron chi connectivity index (χ2n) is 3.23. The number of thiol groups is 1. The molecule has 0 radical (unpaired) electrons. The van der Waals surface area contributed by atoms with Crippen LogP contribution in [0.25, 0.3) is 0 Å². The van der Waals surface area contributed by atoms with E-state index in [1.54, 1.807) is 14.2 Å². The van der Waals surface area contributed by atoms with Crippen molar-refractivity contribution in [2.45, 2.75) is 12.5 Å². The molecule has 84 valence electrons. The molecule has 1 atom stereocenters. The molecular formula is C11H17NO2S. The lowest BCUT2D eigenvalue weighted by Crippen LogP contribution is -2.12. The quantitative estimate of drug-likeness (QED) is 0.756. The highest BCUT2D eigenvalue weighted by Crippen LogP contribution is 2.29. The Kier molecular flexibility index (Phi) is 4.78. The summed E-state index contributed by atoms with van der Waals surface area (Å²) >= 11 is 4.17. The summed E-state index contributed by atoms with van der Waals surface area (Å²) in [5, 5.41) is 0. The van der Waals surface area contributed by atoms with E-state index in [0.717, 1.165) is 29.2 Å². The molecule has 1 unspecified atom stereocenters. The van der Waals surface area contributed by atoms with E-state index in [2.05, 4.69) is 12.6 Å². The molecule has 0 fully saturated rings. The number of hydrogen-bond acceptors (Lipinski definition) is 4. The van der Waals surface area contributed by atoms with E-state index in [-0.39, 0.29) is 6.04 Å². The third kappa shape index (κ3) is 3.04. The molecule has 0 aliphatic carbocycles. The van der Waals surface area contributed by atoms with Crippen molar-refractivity contribution in [1.29, 1.82) is 0 Å². The van der Waals surface area contributed by atoms with Crippen molar-refractivity contribution in [3.8, 4) is 11.5 Å². The zero-order valence-electron chi connectivity index (χ0n) is 9.06. The van der Waals surface area contributed by atoms with Crippen molar-refractivity contribution in [3.63, 3.8) is 0 Å². The van der Waals surface area contributed by atoms with Gasteiger partial charge in [-0.1, -0.05) is 0 Å². The summed E-state index contributed by atoms with van der Waals surface area (Å²) in [5.41, 5.74) is 6.98. The fraction of sp³-hybridized carbons (Fsp3) is 0.455. The van der Waals surface area contributed by atoms with E-state index in [1.807, 2.05) is 18.2 Å². The summed E-state index contributed by atoms with van der Waals surface area (Å²) in [7, 11) is 3.27. The first-order chi connectivity index (χ1) is 7.22. The van der Waals surface area contributed by atoms with E-state index < -0.39 is 0 Å². The number of methoxy groups -OCH3 is 2. The minimum atomic E-state index is -0.0625. The van der Waals surface area contributed by atoms with Gasteiger partial charge < -0.3 is 15.2 Å². The molecule has 0 aliphatic heterocycles. The Morgan fingerprint density at radius 2 is 2.07 bits per heavy atom. The second-order valence-corrected chi connectivity index (χ2v) is 3.67. The zero-order valence-corrected chi connectivity index (χ0v) is 9.96. The second kappa shape index (κ2) is 5.88. The Labute approximate surface area is 96.0 Å². The van der Waals surface area contributed by atoms with Crippen molar-refractivity contribution in [2.24, 2.45) is 5.73 Å². The van der Waals surface area contributed by atoms with Gasteiger partial charge in [-0.25, -0.2) is 0 Å². The lowest BCUT2D eigenvalue weighted by Gasteiger charge is -2.15. The molecule has 0 saturated heterocycles. The van der Waals surface area contributed by atoms with Gasteiger partial charge in [0.25, 0.3) is 0 Å². The molecule has 0 amide bonds. The smallest absolute Gasteiger partial charge is 0.123 e. The average Bonchev–Trinajstić information content (AvgIpc) is 2.28. The number of nitrogens with two attached hydrogens (primary N) is 1. The molecule has 1 aromatic carbocycles. The summed E-state index contributed by atoms with van der Waals surface area (Å²) in [5.74, 6) is 2.34. The van der Waals surface area contributed by atoms with Gasteiger partial charge in [-0.05, 0) is 30.4 Å². The SMILES string of the molecule is COc1ccc(OC)c(C(N)CCS)c1. The highest BCUT2D eigenvalue weighted by molar-refractivity contribution is 7.80. The highest BCUT2D eigenvalue weighted by Gasteiger charge is 2.12. The van der Waals surface area contributed by atoms with Gasteiger partial charge in [-0.15, -0.1) is 0 Å². The molecule has 0 spiro atoms. The predicted octanol–water partition coefficient (Wildman–Crippen LogP) is 2.02. The average molecular weight is 227 g/mol. The molecule has 0 heterocycles. The van der Waals surface area contributed by atoms with E-state index >= 15 is 0 Å². The minimum absolute atomic E-state index is 0.0625. The van der Waals surface area contributed by atoms with Gasteiger partial charge in [-0.3, -0.25) is 0 Å². The van der Waals surface area contributed by atoms with Crippen LogP contribution in [0.5, 0.6) is 11.5 Å². The highest BCUT2D eigenvalue weighted by atomic mass is 32.1. The fourth-order valence-corrected chi connectivity index (χ4v) is 1.70. The molecule has 1 rings (SSSR count). The van der Waals surface area contributed by atoms with Crippen molar-refractivity contribution < 1.29 is 9.47 Å².